The fourth-order valence-corrected chi connectivity index (χ4v) is 3.06. The molecule has 2 amide bonds. The highest BCUT2D eigenvalue weighted by atomic mass is 32.2. The summed E-state index contributed by atoms with van der Waals surface area (Å²) in [6.07, 6.45) is 6.04. The molecule has 2 aromatic rings. The summed E-state index contributed by atoms with van der Waals surface area (Å²) in [4.78, 5) is 28.1. The lowest BCUT2D eigenvalue weighted by atomic mass is 10.1. The Morgan fingerprint density at radius 2 is 2.00 bits per heavy atom. The number of hydrogen-bond acceptors (Lipinski definition) is 4. The third kappa shape index (κ3) is 4.63. The fourth-order valence-electron chi connectivity index (χ4n) is 2.51. The summed E-state index contributed by atoms with van der Waals surface area (Å²) in [7, 11) is 1.94. The largest absolute Gasteiger partial charge is 0.350 e. The van der Waals surface area contributed by atoms with Gasteiger partial charge in [-0.05, 0) is 36.8 Å². The molecule has 132 valence electrons. The number of hydrogen-bond donors (Lipinski definition) is 2. The lowest BCUT2D eigenvalue weighted by molar-refractivity contribution is -0.120. The summed E-state index contributed by atoms with van der Waals surface area (Å²) in [5.41, 5.74) is 2.66. The third-order valence-electron chi connectivity index (χ3n) is 4.23. The van der Waals surface area contributed by atoms with E-state index in [4.69, 9.17) is 0 Å². The minimum Gasteiger partial charge on any atom is -0.350 e. The molecule has 1 aliphatic carbocycles. The molecule has 0 spiro atoms. The van der Waals surface area contributed by atoms with Gasteiger partial charge in [0.2, 0.25) is 11.8 Å². The average molecular weight is 358 g/mol. The summed E-state index contributed by atoms with van der Waals surface area (Å²) in [6, 6.07) is 7.43. The Morgan fingerprint density at radius 3 is 2.60 bits per heavy atom. The van der Waals surface area contributed by atoms with Crippen LogP contribution < -0.4 is 10.6 Å². The topological polar surface area (TPSA) is 76.0 Å². The van der Waals surface area contributed by atoms with Gasteiger partial charge in [0.1, 0.15) is 0 Å². The van der Waals surface area contributed by atoms with E-state index in [0.29, 0.717) is 13.0 Å². The standard InChI is InChI=1S/C18H22N4O2S/c1-22-15(11-20-18(22)25-2)10-19-16(23)9-12-3-7-14(8-4-12)21-17(24)13-5-6-13/h3-4,7-8,11,13H,5-6,9-10H2,1-2H3,(H,19,23)(H,21,24). The van der Waals surface area contributed by atoms with Gasteiger partial charge in [0.05, 0.1) is 24.9 Å². The lowest BCUT2D eigenvalue weighted by Crippen LogP contribution is -2.25. The van der Waals surface area contributed by atoms with Gasteiger partial charge < -0.3 is 15.2 Å². The molecule has 1 saturated carbocycles. The predicted molar refractivity (Wildman–Crippen MR) is 98.3 cm³/mol. The first kappa shape index (κ1) is 17.5. The van der Waals surface area contributed by atoms with Crippen LogP contribution in [0.4, 0.5) is 5.69 Å². The van der Waals surface area contributed by atoms with Gasteiger partial charge in [-0.15, -0.1) is 0 Å². The molecule has 6 nitrogen and oxygen atoms in total. The fraction of sp³-hybridized carbons (Fsp3) is 0.389. The number of rotatable bonds is 7. The number of nitrogens with one attached hydrogen (secondary N) is 2. The van der Waals surface area contributed by atoms with Crippen molar-refractivity contribution in [2.75, 3.05) is 11.6 Å². The number of thioether (sulfide) groups is 1. The number of imidazole rings is 1. The Morgan fingerprint density at radius 1 is 1.28 bits per heavy atom. The second-order valence-corrected chi connectivity index (χ2v) is 6.98. The molecule has 1 heterocycles. The van der Waals surface area contributed by atoms with E-state index in [0.717, 1.165) is 34.9 Å². The lowest BCUT2D eigenvalue weighted by Gasteiger charge is -2.08. The minimum atomic E-state index is -0.0401. The smallest absolute Gasteiger partial charge is 0.227 e. The SMILES string of the molecule is CSc1ncc(CNC(=O)Cc2ccc(NC(=O)C3CC3)cc2)n1C. The quantitative estimate of drug-likeness (QED) is 0.745. The van der Waals surface area contributed by atoms with Gasteiger partial charge in [-0.3, -0.25) is 9.59 Å². The Kier molecular flexibility index (Phi) is 5.43. The molecule has 1 fully saturated rings. The van der Waals surface area contributed by atoms with E-state index >= 15 is 0 Å². The monoisotopic (exact) mass is 358 g/mol. The zero-order valence-corrected chi connectivity index (χ0v) is 15.2. The number of carbonyl (C=O) groups excluding carboxylic acids is 2. The zero-order valence-electron chi connectivity index (χ0n) is 14.4. The first-order valence-corrected chi connectivity index (χ1v) is 9.50. The van der Waals surface area contributed by atoms with Crippen LogP contribution in [0, 0.1) is 5.92 Å². The van der Waals surface area contributed by atoms with Crippen molar-refractivity contribution in [3.8, 4) is 0 Å². The third-order valence-corrected chi connectivity index (χ3v) is 4.97. The van der Waals surface area contributed by atoms with Gasteiger partial charge in [-0.2, -0.15) is 0 Å². The van der Waals surface area contributed by atoms with Gasteiger partial charge >= 0.3 is 0 Å². The number of amides is 2. The van der Waals surface area contributed by atoms with Crippen LogP contribution in [0.3, 0.4) is 0 Å². The van der Waals surface area contributed by atoms with Gasteiger partial charge in [0.25, 0.3) is 0 Å². The molecular weight excluding hydrogens is 336 g/mol. The van der Waals surface area contributed by atoms with Crippen LogP contribution in [0.15, 0.2) is 35.6 Å². The minimum absolute atomic E-state index is 0.0401. The molecule has 0 unspecified atom stereocenters. The van der Waals surface area contributed by atoms with E-state index in [1.54, 1.807) is 18.0 Å². The zero-order chi connectivity index (χ0) is 17.8. The predicted octanol–water partition coefficient (Wildman–Crippen LogP) is 2.35. The van der Waals surface area contributed by atoms with Gasteiger partial charge in [0.15, 0.2) is 5.16 Å². The van der Waals surface area contributed by atoms with Crippen LogP contribution in [0.1, 0.15) is 24.1 Å². The molecule has 0 saturated heterocycles. The van der Waals surface area contributed by atoms with Gasteiger partial charge in [-0.1, -0.05) is 23.9 Å². The molecule has 2 N–H and O–H groups in total. The highest BCUT2D eigenvalue weighted by molar-refractivity contribution is 7.98. The summed E-state index contributed by atoms with van der Waals surface area (Å²) in [5.74, 6) is 0.233. The molecule has 7 heteroatoms. The van der Waals surface area contributed by atoms with Crippen molar-refractivity contribution in [1.29, 1.82) is 0 Å². The maximum Gasteiger partial charge on any atom is 0.227 e. The average Bonchev–Trinajstić information content (AvgIpc) is 3.39. The molecule has 25 heavy (non-hydrogen) atoms. The molecule has 0 bridgehead atoms. The molecule has 3 rings (SSSR count). The Balaban J connectivity index is 1.48. The van der Waals surface area contributed by atoms with Crippen molar-refractivity contribution in [3.05, 3.63) is 41.7 Å². The number of aromatic nitrogens is 2. The summed E-state index contributed by atoms with van der Waals surface area (Å²) < 4.78 is 1.97. The van der Waals surface area contributed by atoms with E-state index < -0.39 is 0 Å². The molecule has 1 aromatic heterocycles. The maximum absolute atomic E-state index is 12.1. The molecule has 0 atom stereocenters. The van der Waals surface area contributed by atoms with Crippen LogP contribution in [-0.4, -0.2) is 27.6 Å². The summed E-state index contributed by atoms with van der Waals surface area (Å²) >= 11 is 1.57. The Hall–Kier alpha value is -2.28. The van der Waals surface area contributed by atoms with Crippen LogP contribution in [0.5, 0.6) is 0 Å². The Labute approximate surface area is 151 Å². The second-order valence-electron chi connectivity index (χ2n) is 6.21. The van der Waals surface area contributed by atoms with Crippen molar-refractivity contribution in [1.82, 2.24) is 14.9 Å². The Bertz CT molecular complexity index is 766. The highest BCUT2D eigenvalue weighted by Crippen LogP contribution is 2.30. The van der Waals surface area contributed by atoms with Crippen molar-refractivity contribution >= 4 is 29.3 Å². The van der Waals surface area contributed by atoms with Crippen molar-refractivity contribution in [2.45, 2.75) is 31.0 Å². The van der Waals surface area contributed by atoms with Crippen LogP contribution in [0.2, 0.25) is 0 Å². The maximum atomic E-state index is 12.1. The number of benzene rings is 1. The molecule has 1 aromatic carbocycles. The van der Waals surface area contributed by atoms with Crippen LogP contribution in [0.25, 0.3) is 0 Å². The first-order chi connectivity index (χ1) is 12.1. The number of anilines is 1. The molecular formula is C18H22N4O2S. The van der Waals surface area contributed by atoms with Gasteiger partial charge in [0, 0.05) is 18.7 Å². The number of nitrogens with zero attached hydrogens (tertiary/aromatic N) is 2. The van der Waals surface area contributed by atoms with E-state index in [9.17, 15) is 9.59 Å². The molecule has 0 radical (unpaired) electrons. The highest BCUT2D eigenvalue weighted by Gasteiger charge is 2.29. The summed E-state index contributed by atoms with van der Waals surface area (Å²) in [6.45, 7) is 0.457. The van der Waals surface area contributed by atoms with E-state index in [-0.39, 0.29) is 17.7 Å². The summed E-state index contributed by atoms with van der Waals surface area (Å²) in [5, 5.41) is 6.74. The van der Waals surface area contributed by atoms with E-state index in [1.807, 2.05) is 42.1 Å². The van der Waals surface area contributed by atoms with E-state index in [2.05, 4.69) is 15.6 Å². The van der Waals surface area contributed by atoms with Gasteiger partial charge in [-0.25, -0.2) is 4.98 Å². The first-order valence-electron chi connectivity index (χ1n) is 8.28. The van der Waals surface area contributed by atoms with Crippen molar-refractivity contribution < 1.29 is 9.59 Å². The second kappa shape index (κ2) is 7.74. The van der Waals surface area contributed by atoms with Crippen molar-refractivity contribution in [2.24, 2.45) is 13.0 Å². The van der Waals surface area contributed by atoms with Crippen LogP contribution in [-0.2, 0) is 29.6 Å². The number of carbonyl (C=O) groups is 2. The van der Waals surface area contributed by atoms with E-state index in [1.165, 1.54) is 0 Å². The molecule has 0 aliphatic heterocycles. The molecule has 1 aliphatic rings. The van der Waals surface area contributed by atoms with Crippen molar-refractivity contribution in [3.63, 3.8) is 0 Å². The van der Waals surface area contributed by atoms with Crippen LogP contribution >= 0.6 is 11.8 Å². The normalized spacial score (nSPS) is 13.5.